The van der Waals surface area contributed by atoms with Gasteiger partial charge in [0.25, 0.3) is 0 Å². The molecule has 78 valence electrons. The van der Waals surface area contributed by atoms with E-state index in [1.165, 1.54) is 5.57 Å². The molecule has 0 saturated carbocycles. The van der Waals surface area contributed by atoms with Gasteiger partial charge in [-0.05, 0) is 33.1 Å². The van der Waals surface area contributed by atoms with Crippen molar-refractivity contribution in [1.82, 2.24) is 5.32 Å². The van der Waals surface area contributed by atoms with Crippen molar-refractivity contribution in [2.45, 2.75) is 53.5 Å². The van der Waals surface area contributed by atoms with E-state index in [1.807, 2.05) is 0 Å². The smallest absolute Gasteiger partial charge is 0.0169 e. The number of hydrogen-bond donors (Lipinski definition) is 1. The fourth-order valence-electron chi connectivity index (χ4n) is 1.15. The van der Waals surface area contributed by atoms with Gasteiger partial charge in [0.15, 0.2) is 0 Å². The van der Waals surface area contributed by atoms with Crippen LogP contribution in [0.25, 0.3) is 0 Å². The van der Waals surface area contributed by atoms with Crippen molar-refractivity contribution in [3.8, 4) is 0 Å². The van der Waals surface area contributed by atoms with E-state index in [2.05, 4.69) is 52.9 Å². The molecule has 0 amide bonds. The lowest BCUT2D eigenvalue weighted by atomic mass is 10.0. The van der Waals surface area contributed by atoms with Crippen LogP contribution in [-0.4, -0.2) is 12.1 Å². The van der Waals surface area contributed by atoms with Gasteiger partial charge in [0, 0.05) is 12.1 Å². The Morgan fingerprint density at radius 1 is 1.31 bits per heavy atom. The molecule has 0 bridgehead atoms. The molecule has 13 heavy (non-hydrogen) atoms. The Kier molecular flexibility index (Phi) is 5.31. The molecule has 0 aliphatic heterocycles. The molecule has 0 aromatic carbocycles. The number of hydrogen-bond acceptors (Lipinski definition) is 1. The summed E-state index contributed by atoms with van der Waals surface area (Å²) in [5.41, 5.74) is 1.75. The lowest BCUT2D eigenvalue weighted by molar-refractivity contribution is 0.441. The summed E-state index contributed by atoms with van der Waals surface area (Å²) in [5.74, 6) is 0.664. The van der Waals surface area contributed by atoms with Crippen LogP contribution in [0.3, 0.4) is 0 Å². The van der Waals surface area contributed by atoms with Gasteiger partial charge in [-0.1, -0.05) is 32.4 Å². The summed E-state index contributed by atoms with van der Waals surface area (Å²) in [6.45, 7) is 14.3. The molecule has 0 unspecified atom stereocenters. The molecule has 0 atom stereocenters. The fraction of sp³-hybridized carbons (Fsp3) is 0.833. The summed E-state index contributed by atoms with van der Waals surface area (Å²) in [6.07, 6.45) is 3.51. The monoisotopic (exact) mass is 183 g/mol. The average molecular weight is 183 g/mol. The van der Waals surface area contributed by atoms with E-state index in [9.17, 15) is 0 Å². The Bertz CT molecular complexity index is 160. The van der Waals surface area contributed by atoms with Gasteiger partial charge < -0.3 is 5.32 Å². The zero-order valence-corrected chi connectivity index (χ0v) is 10.1. The molecule has 1 N–H and O–H groups in total. The Morgan fingerprint density at radius 2 is 1.85 bits per heavy atom. The summed E-state index contributed by atoms with van der Waals surface area (Å²) in [7, 11) is 0. The van der Waals surface area contributed by atoms with Gasteiger partial charge in [-0.2, -0.15) is 0 Å². The molecule has 0 radical (unpaired) electrons. The molecule has 1 nitrogen and oxygen atoms in total. The maximum absolute atomic E-state index is 3.51. The Labute approximate surface area is 83.6 Å². The van der Waals surface area contributed by atoms with Crippen LogP contribution in [0.4, 0.5) is 0 Å². The van der Waals surface area contributed by atoms with Gasteiger partial charge in [-0.15, -0.1) is 0 Å². The first kappa shape index (κ1) is 12.7. The third kappa shape index (κ3) is 8.04. The van der Waals surface area contributed by atoms with Crippen molar-refractivity contribution >= 4 is 0 Å². The first-order valence-corrected chi connectivity index (χ1v) is 5.29. The summed E-state index contributed by atoms with van der Waals surface area (Å²) in [4.78, 5) is 0. The van der Waals surface area contributed by atoms with Crippen LogP contribution in [0.5, 0.6) is 0 Å². The molecule has 0 aliphatic rings. The predicted octanol–water partition coefficient (Wildman–Crippen LogP) is 3.37. The first-order valence-electron chi connectivity index (χ1n) is 5.29. The third-order valence-corrected chi connectivity index (χ3v) is 1.87. The van der Waals surface area contributed by atoms with Crippen molar-refractivity contribution in [3.63, 3.8) is 0 Å². The highest BCUT2D eigenvalue weighted by atomic mass is 14.9. The SMILES string of the molecule is CCC(=CC(C)C)CNC(C)(C)C. The van der Waals surface area contributed by atoms with Crippen LogP contribution in [0.1, 0.15) is 48.0 Å². The summed E-state index contributed by atoms with van der Waals surface area (Å²) >= 11 is 0. The normalized spacial score (nSPS) is 13.9. The zero-order valence-electron chi connectivity index (χ0n) is 10.1. The molecule has 0 rings (SSSR count). The maximum atomic E-state index is 3.51. The van der Waals surface area contributed by atoms with E-state index in [1.54, 1.807) is 0 Å². The number of rotatable bonds is 4. The predicted molar refractivity (Wildman–Crippen MR) is 61.0 cm³/mol. The largest absolute Gasteiger partial charge is 0.308 e. The highest BCUT2D eigenvalue weighted by Gasteiger charge is 2.08. The second kappa shape index (κ2) is 5.43. The van der Waals surface area contributed by atoms with Crippen LogP contribution in [0, 0.1) is 5.92 Å². The molecule has 0 spiro atoms. The minimum Gasteiger partial charge on any atom is -0.308 e. The van der Waals surface area contributed by atoms with Crippen LogP contribution >= 0.6 is 0 Å². The average Bonchev–Trinajstić information content (AvgIpc) is 1.95. The van der Waals surface area contributed by atoms with Crippen LogP contribution in [-0.2, 0) is 0 Å². The number of nitrogens with one attached hydrogen (secondary N) is 1. The lowest BCUT2D eigenvalue weighted by Crippen LogP contribution is -2.37. The molecular formula is C12H25N. The zero-order chi connectivity index (χ0) is 10.5. The molecule has 0 saturated heterocycles. The summed E-state index contributed by atoms with van der Waals surface area (Å²) < 4.78 is 0. The first-order chi connectivity index (χ1) is 5.85. The summed E-state index contributed by atoms with van der Waals surface area (Å²) in [6, 6.07) is 0. The van der Waals surface area contributed by atoms with Crippen LogP contribution in [0.2, 0.25) is 0 Å². The van der Waals surface area contributed by atoms with Gasteiger partial charge in [0.05, 0.1) is 0 Å². The molecule has 1 heteroatoms. The second-order valence-corrected chi connectivity index (χ2v) is 5.03. The van der Waals surface area contributed by atoms with E-state index in [4.69, 9.17) is 0 Å². The highest BCUT2D eigenvalue weighted by molar-refractivity contribution is 5.05. The van der Waals surface area contributed by atoms with Crippen molar-refractivity contribution in [3.05, 3.63) is 11.6 Å². The highest BCUT2D eigenvalue weighted by Crippen LogP contribution is 2.07. The molecule has 0 heterocycles. The van der Waals surface area contributed by atoms with E-state index in [0.717, 1.165) is 13.0 Å². The van der Waals surface area contributed by atoms with Gasteiger partial charge in [-0.25, -0.2) is 0 Å². The van der Waals surface area contributed by atoms with Crippen molar-refractivity contribution in [1.29, 1.82) is 0 Å². The minimum atomic E-state index is 0.227. The molecule has 0 aromatic rings. The molecular weight excluding hydrogens is 158 g/mol. The quantitative estimate of drug-likeness (QED) is 0.659. The maximum Gasteiger partial charge on any atom is 0.0169 e. The van der Waals surface area contributed by atoms with Crippen LogP contribution in [0.15, 0.2) is 11.6 Å². The van der Waals surface area contributed by atoms with Gasteiger partial charge >= 0.3 is 0 Å². The van der Waals surface area contributed by atoms with Gasteiger partial charge in [0.2, 0.25) is 0 Å². The van der Waals surface area contributed by atoms with E-state index in [-0.39, 0.29) is 5.54 Å². The third-order valence-electron chi connectivity index (χ3n) is 1.87. The molecule has 0 aliphatic carbocycles. The topological polar surface area (TPSA) is 12.0 Å². The van der Waals surface area contributed by atoms with Crippen molar-refractivity contribution in [2.24, 2.45) is 5.92 Å². The molecule has 0 aromatic heterocycles. The van der Waals surface area contributed by atoms with E-state index < -0.39 is 0 Å². The molecule has 0 fully saturated rings. The van der Waals surface area contributed by atoms with E-state index >= 15 is 0 Å². The minimum absolute atomic E-state index is 0.227. The van der Waals surface area contributed by atoms with Gasteiger partial charge in [0.1, 0.15) is 0 Å². The summed E-state index contributed by atoms with van der Waals surface area (Å²) in [5, 5.41) is 3.51. The van der Waals surface area contributed by atoms with Crippen LogP contribution < -0.4 is 5.32 Å². The lowest BCUT2D eigenvalue weighted by Gasteiger charge is -2.21. The van der Waals surface area contributed by atoms with E-state index in [0.29, 0.717) is 5.92 Å². The van der Waals surface area contributed by atoms with Crippen molar-refractivity contribution < 1.29 is 0 Å². The second-order valence-electron chi connectivity index (χ2n) is 5.03. The standard InChI is InChI=1S/C12H25N/c1-7-11(8-10(2)3)9-13-12(4,5)6/h8,10,13H,7,9H2,1-6H3. The Hall–Kier alpha value is -0.300. The Morgan fingerprint density at radius 3 is 2.15 bits per heavy atom. The fourth-order valence-corrected chi connectivity index (χ4v) is 1.15. The van der Waals surface area contributed by atoms with Gasteiger partial charge in [-0.3, -0.25) is 0 Å². The Balaban J connectivity index is 4.00. The number of allylic oxidation sites excluding steroid dienone is 1. The van der Waals surface area contributed by atoms with Crippen molar-refractivity contribution in [2.75, 3.05) is 6.54 Å².